The maximum Gasteiger partial charge on any atom is 0.271 e. The van der Waals surface area contributed by atoms with E-state index in [-0.39, 0.29) is 12.5 Å². The number of hydrogen-bond acceptors (Lipinski definition) is 4. The minimum Gasteiger partial charge on any atom is -0.333 e. The Balaban J connectivity index is 1.82. The maximum absolute atomic E-state index is 11.8. The van der Waals surface area contributed by atoms with Crippen molar-refractivity contribution in [2.75, 3.05) is 13.1 Å². The molecule has 0 unspecified atom stereocenters. The Hall–Kier alpha value is -1.96. The van der Waals surface area contributed by atoms with Crippen LogP contribution < -0.4 is 10.9 Å². The van der Waals surface area contributed by atoms with E-state index < -0.39 is 11.8 Å². The van der Waals surface area contributed by atoms with Gasteiger partial charge < -0.3 is 4.90 Å². The number of likely N-dealkylation sites (tertiary alicyclic amines) is 1. The molecule has 0 aliphatic carbocycles. The lowest BCUT2D eigenvalue weighted by atomic mass is 10.2. The van der Waals surface area contributed by atoms with Crippen LogP contribution in [0, 0.1) is 0 Å². The molecule has 0 radical (unpaired) electrons. The molecule has 1 aliphatic heterocycles. The van der Waals surface area contributed by atoms with Crippen LogP contribution in [0.1, 0.15) is 36.0 Å². The van der Waals surface area contributed by atoms with Gasteiger partial charge in [-0.15, -0.1) is 0 Å². The number of hydrogen-bond donors (Lipinski definition) is 2. The number of aromatic nitrogens is 1. The van der Waals surface area contributed by atoms with Crippen LogP contribution >= 0.6 is 15.9 Å². The summed E-state index contributed by atoms with van der Waals surface area (Å²) in [7, 11) is 0. The van der Waals surface area contributed by atoms with Gasteiger partial charge in [0.2, 0.25) is 5.91 Å². The third-order valence-electron chi connectivity index (χ3n) is 3.29. The summed E-state index contributed by atoms with van der Waals surface area (Å²) in [6.45, 7) is 0.533. The molecular weight excluding hydrogens is 352 g/mol. The molecule has 0 atom stereocenters. The third kappa shape index (κ3) is 4.80. The Morgan fingerprint density at radius 3 is 2.82 bits per heavy atom. The largest absolute Gasteiger partial charge is 0.333 e. The molecule has 0 bridgehead atoms. The predicted octanol–water partition coefficient (Wildman–Crippen LogP) is 1.01. The summed E-state index contributed by atoms with van der Waals surface area (Å²) in [5.41, 5.74) is 4.94. The van der Waals surface area contributed by atoms with E-state index in [4.69, 9.17) is 0 Å². The van der Waals surface area contributed by atoms with Gasteiger partial charge in [-0.05, 0) is 34.8 Å². The van der Waals surface area contributed by atoms with Gasteiger partial charge in [-0.1, -0.05) is 6.42 Å². The van der Waals surface area contributed by atoms with E-state index >= 15 is 0 Å². The molecule has 0 saturated carbocycles. The SMILES string of the molecule is O=C(CN1CCCCCC1=O)NNC(=O)c1cncc(Br)c1. The van der Waals surface area contributed by atoms with Crippen molar-refractivity contribution in [3.63, 3.8) is 0 Å². The van der Waals surface area contributed by atoms with Gasteiger partial charge in [0.05, 0.1) is 5.56 Å². The highest BCUT2D eigenvalue weighted by atomic mass is 79.9. The van der Waals surface area contributed by atoms with E-state index in [0.717, 1.165) is 19.3 Å². The van der Waals surface area contributed by atoms with Crippen LogP contribution in [0.25, 0.3) is 0 Å². The molecule has 1 saturated heterocycles. The van der Waals surface area contributed by atoms with Gasteiger partial charge in [0, 0.05) is 29.8 Å². The summed E-state index contributed by atoms with van der Waals surface area (Å²) in [5, 5.41) is 0. The van der Waals surface area contributed by atoms with Crippen molar-refractivity contribution in [3.05, 3.63) is 28.5 Å². The molecule has 2 rings (SSSR count). The summed E-state index contributed by atoms with van der Waals surface area (Å²) in [6, 6.07) is 1.59. The molecule has 2 heterocycles. The molecule has 2 N–H and O–H groups in total. The molecule has 1 aromatic heterocycles. The molecule has 1 fully saturated rings. The number of nitrogens with zero attached hydrogens (tertiary/aromatic N) is 2. The number of rotatable bonds is 3. The first-order valence-corrected chi connectivity index (χ1v) is 7.83. The van der Waals surface area contributed by atoms with Gasteiger partial charge in [-0.2, -0.15) is 0 Å². The van der Waals surface area contributed by atoms with E-state index in [1.165, 1.54) is 11.1 Å². The number of nitrogens with one attached hydrogen (secondary N) is 2. The number of hydrazine groups is 1. The predicted molar refractivity (Wildman–Crippen MR) is 82.6 cm³/mol. The van der Waals surface area contributed by atoms with Crippen molar-refractivity contribution in [3.8, 4) is 0 Å². The summed E-state index contributed by atoms with van der Waals surface area (Å²) in [4.78, 5) is 40.9. The summed E-state index contributed by atoms with van der Waals surface area (Å²) < 4.78 is 0.668. The van der Waals surface area contributed by atoms with Crippen LogP contribution in [0.2, 0.25) is 0 Å². The minimum absolute atomic E-state index is 0.0184. The lowest BCUT2D eigenvalue weighted by Gasteiger charge is -2.19. The Morgan fingerprint density at radius 1 is 1.23 bits per heavy atom. The fourth-order valence-corrected chi connectivity index (χ4v) is 2.52. The highest BCUT2D eigenvalue weighted by Gasteiger charge is 2.19. The van der Waals surface area contributed by atoms with Crippen LogP contribution in [0.5, 0.6) is 0 Å². The first-order valence-electron chi connectivity index (χ1n) is 7.04. The zero-order valence-electron chi connectivity index (χ0n) is 12.0. The van der Waals surface area contributed by atoms with Crippen molar-refractivity contribution in [1.82, 2.24) is 20.7 Å². The fourth-order valence-electron chi connectivity index (χ4n) is 2.15. The van der Waals surface area contributed by atoms with E-state index in [1.807, 2.05) is 0 Å². The molecule has 7 nitrogen and oxygen atoms in total. The van der Waals surface area contributed by atoms with Crippen molar-refractivity contribution in [2.45, 2.75) is 25.7 Å². The van der Waals surface area contributed by atoms with E-state index in [0.29, 0.717) is 23.0 Å². The second-order valence-electron chi connectivity index (χ2n) is 5.02. The van der Waals surface area contributed by atoms with Gasteiger partial charge in [0.1, 0.15) is 6.54 Å². The second-order valence-corrected chi connectivity index (χ2v) is 5.94. The second kappa shape index (κ2) is 7.88. The quantitative estimate of drug-likeness (QED) is 0.778. The van der Waals surface area contributed by atoms with Gasteiger partial charge in [0.25, 0.3) is 11.8 Å². The Morgan fingerprint density at radius 2 is 2.05 bits per heavy atom. The van der Waals surface area contributed by atoms with Crippen molar-refractivity contribution < 1.29 is 14.4 Å². The molecule has 0 spiro atoms. The highest BCUT2D eigenvalue weighted by Crippen LogP contribution is 2.11. The number of amides is 3. The first-order chi connectivity index (χ1) is 10.6. The Kier molecular flexibility index (Phi) is 5.88. The third-order valence-corrected chi connectivity index (χ3v) is 3.72. The Labute approximate surface area is 136 Å². The van der Waals surface area contributed by atoms with E-state index in [2.05, 4.69) is 31.8 Å². The zero-order chi connectivity index (χ0) is 15.9. The molecule has 0 aromatic carbocycles. The molecule has 8 heteroatoms. The van der Waals surface area contributed by atoms with Crippen LogP contribution in [0.3, 0.4) is 0 Å². The van der Waals surface area contributed by atoms with Gasteiger partial charge >= 0.3 is 0 Å². The van der Waals surface area contributed by atoms with Crippen LogP contribution in [0.15, 0.2) is 22.9 Å². The lowest BCUT2D eigenvalue weighted by Crippen LogP contribution is -2.47. The number of carbonyl (C=O) groups excluding carboxylic acids is 3. The molecule has 3 amide bonds. The average Bonchev–Trinajstić information content (AvgIpc) is 2.70. The van der Waals surface area contributed by atoms with Gasteiger partial charge in [-0.25, -0.2) is 0 Å². The minimum atomic E-state index is -0.468. The Bertz CT molecular complexity index is 579. The smallest absolute Gasteiger partial charge is 0.271 e. The standard InChI is InChI=1S/C14H17BrN4O3/c15-11-6-10(7-16-8-11)14(22)18-17-12(20)9-19-5-3-1-2-4-13(19)21/h6-8H,1-5,9H2,(H,17,20)(H,18,22). The van der Waals surface area contributed by atoms with Crippen LogP contribution in [-0.2, 0) is 9.59 Å². The van der Waals surface area contributed by atoms with Crippen molar-refractivity contribution in [1.29, 1.82) is 0 Å². The highest BCUT2D eigenvalue weighted by molar-refractivity contribution is 9.10. The average molecular weight is 369 g/mol. The fraction of sp³-hybridized carbons (Fsp3) is 0.429. The van der Waals surface area contributed by atoms with Gasteiger partial charge in [0.15, 0.2) is 0 Å². The molecular formula is C14H17BrN4O3. The summed E-state index contributed by atoms with van der Waals surface area (Å²) >= 11 is 3.22. The maximum atomic E-state index is 11.8. The summed E-state index contributed by atoms with van der Waals surface area (Å²) in [6.07, 6.45) is 6.18. The monoisotopic (exact) mass is 368 g/mol. The van der Waals surface area contributed by atoms with E-state index in [1.54, 1.807) is 12.3 Å². The number of carbonyl (C=O) groups is 3. The topological polar surface area (TPSA) is 91.4 Å². The van der Waals surface area contributed by atoms with Crippen LogP contribution in [-0.4, -0.2) is 40.7 Å². The number of pyridine rings is 1. The normalized spacial score (nSPS) is 15.1. The molecule has 22 heavy (non-hydrogen) atoms. The number of halogens is 1. The van der Waals surface area contributed by atoms with Crippen molar-refractivity contribution in [2.24, 2.45) is 0 Å². The molecule has 1 aromatic rings. The van der Waals surface area contributed by atoms with Crippen molar-refractivity contribution >= 4 is 33.7 Å². The lowest BCUT2D eigenvalue weighted by molar-refractivity contribution is -0.135. The van der Waals surface area contributed by atoms with Gasteiger partial charge in [-0.3, -0.25) is 30.2 Å². The van der Waals surface area contributed by atoms with E-state index in [9.17, 15) is 14.4 Å². The zero-order valence-corrected chi connectivity index (χ0v) is 13.6. The summed E-state index contributed by atoms with van der Waals surface area (Å²) in [5.74, 6) is -0.911. The first kappa shape index (κ1) is 16.4. The molecule has 1 aliphatic rings. The molecule has 118 valence electrons. The van der Waals surface area contributed by atoms with Crippen LogP contribution in [0.4, 0.5) is 0 Å².